The smallest absolute Gasteiger partial charge is 0.211 e. The molecule has 3 heteroatoms. The summed E-state index contributed by atoms with van der Waals surface area (Å²) in [6.45, 7) is 4.14. The number of carbonyl (C=O) groups is 1. The molecule has 1 unspecified atom stereocenters. The van der Waals surface area contributed by atoms with E-state index in [0.717, 1.165) is 17.9 Å². The average Bonchev–Trinajstić information content (AvgIpc) is 2.58. The Kier molecular flexibility index (Phi) is 3.00. The van der Waals surface area contributed by atoms with Crippen molar-refractivity contribution in [2.24, 2.45) is 0 Å². The van der Waals surface area contributed by atoms with Gasteiger partial charge in [-0.2, -0.15) is 0 Å². The fourth-order valence-electron chi connectivity index (χ4n) is 1.84. The summed E-state index contributed by atoms with van der Waals surface area (Å²) in [5.74, 6) is 0.946. The van der Waals surface area contributed by atoms with Gasteiger partial charge in [-0.25, -0.2) is 0 Å². The van der Waals surface area contributed by atoms with E-state index in [1.54, 1.807) is 0 Å². The van der Waals surface area contributed by atoms with E-state index in [-0.39, 0.29) is 11.2 Å². The molecule has 0 radical (unpaired) electrons. The molecule has 0 saturated carbocycles. The summed E-state index contributed by atoms with van der Waals surface area (Å²) in [6, 6.07) is 6.19. The van der Waals surface area contributed by atoms with Gasteiger partial charge in [0, 0.05) is 11.4 Å². The molecule has 0 aliphatic carbocycles. The molecule has 80 valence electrons. The number of aryl methyl sites for hydroxylation is 2. The minimum absolute atomic E-state index is 0.00907. The molecule has 1 aromatic rings. The van der Waals surface area contributed by atoms with Crippen molar-refractivity contribution in [1.82, 2.24) is 0 Å². The van der Waals surface area contributed by atoms with Crippen molar-refractivity contribution >= 4 is 22.6 Å². The topological polar surface area (TPSA) is 29.1 Å². The van der Waals surface area contributed by atoms with Crippen molar-refractivity contribution in [2.75, 3.05) is 11.1 Å². The van der Waals surface area contributed by atoms with E-state index in [2.05, 4.69) is 31.3 Å². The Hall–Kier alpha value is -0.960. The predicted octanol–water partition coefficient (Wildman–Crippen LogP) is 2.75. The second kappa shape index (κ2) is 4.27. The van der Waals surface area contributed by atoms with Crippen LogP contribution in [0.4, 0.5) is 5.69 Å². The highest BCUT2D eigenvalue weighted by atomic mass is 32.2. The van der Waals surface area contributed by atoms with Crippen LogP contribution in [0.1, 0.15) is 17.5 Å². The fraction of sp³-hybridized carbons (Fsp3) is 0.417. The van der Waals surface area contributed by atoms with E-state index in [1.807, 2.05) is 6.07 Å². The van der Waals surface area contributed by atoms with Gasteiger partial charge in [0.15, 0.2) is 0 Å². The Morgan fingerprint density at radius 1 is 1.33 bits per heavy atom. The van der Waals surface area contributed by atoms with Gasteiger partial charge in [0.1, 0.15) is 0 Å². The number of hydrogen-bond donors (Lipinski definition) is 1. The number of nitrogens with one attached hydrogen (secondary N) is 1. The van der Waals surface area contributed by atoms with Gasteiger partial charge in [-0.05, 0) is 31.4 Å². The number of para-hydroxylation sites is 1. The van der Waals surface area contributed by atoms with E-state index >= 15 is 0 Å². The summed E-state index contributed by atoms with van der Waals surface area (Å²) in [7, 11) is 0. The normalized spacial score (nSPS) is 20.7. The van der Waals surface area contributed by atoms with E-state index in [1.165, 1.54) is 22.9 Å². The minimum atomic E-state index is 0.00907. The van der Waals surface area contributed by atoms with Crippen LogP contribution in [-0.2, 0) is 4.79 Å². The highest BCUT2D eigenvalue weighted by Gasteiger charge is 2.25. The molecular weight excluding hydrogens is 206 g/mol. The maximum Gasteiger partial charge on any atom is 0.211 e. The lowest BCUT2D eigenvalue weighted by molar-refractivity contribution is -0.111. The lowest BCUT2D eigenvalue weighted by Crippen LogP contribution is -2.23. The summed E-state index contributed by atoms with van der Waals surface area (Å²) >= 11 is 1.43. The number of carbonyl (C=O) groups excluding carboxylic acids is 1. The van der Waals surface area contributed by atoms with Crippen LogP contribution in [0.3, 0.4) is 0 Å². The molecule has 15 heavy (non-hydrogen) atoms. The molecular formula is C12H15NOS. The van der Waals surface area contributed by atoms with Crippen molar-refractivity contribution < 1.29 is 4.79 Å². The van der Waals surface area contributed by atoms with Crippen LogP contribution in [0.5, 0.6) is 0 Å². The van der Waals surface area contributed by atoms with Crippen LogP contribution in [0, 0.1) is 13.8 Å². The summed E-state index contributed by atoms with van der Waals surface area (Å²) in [4.78, 5) is 11.5. The average molecular weight is 221 g/mol. The maximum atomic E-state index is 11.5. The Morgan fingerprint density at radius 2 is 2.00 bits per heavy atom. The van der Waals surface area contributed by atoms with E-state index in [0.29, 0.717) is 0 Å². The van der Waals surface area contributed by atoms with Crippen molar-refractivity contribution in [3.63, 3.8) is 0 Å². The van der Waals surface area contributed by atoms with Gasteiger partial charge in [-0.1, -0.05) is 30.0 Å². The van der Waals surface area contributed by atoms with Crippen LogP contribution in [0.2, 0.25) is 0 Å². The van der Waals surface area contributed by atoms with Gasteiger partial charge < -0.3 is 5.32 Å². The first-order valence-corrected chi connectivity index (χ1v) is 6.16. The molecule has 1 atom stereocenters. The van der Waals surface area contributed by atoms with E-state index in [9.17, 15) is 4.79 Å². The monoisotopic (exact) mass is 221 g/mol. The molecule has 1 heterocycles. The lowest BCUT2D eigenvalue weighted by Gasteiger charge is -2.16. The van der Waals surface area contributed by atoms with Crippen molar-refractivity contribution in [3.8, 4) is 0 Å². The summed E-state index contributed by atoms with van der Waals surface area (Å²) in [5, 5.41) is 3.63. The Bertz CT molecular complexity index is 369. The zero-order chi connectivity index (χ0) is 10.8. The molecule has 1 N–H and O–H groups in total. The van der Waals surface area contributed by atoms with Gasteiger partial charge >= 0.3 is 0 Å². The third-order valence-corrected chi connectivity index (χ3v) is 3.74. The maximum absolute atomic E-state index is 11.5. The third-order valence-electron chi connectivity index (χ3n) is 2.74. The van der Waals surface area contributed by atoms with E-state index in [4.69, 9.17) is 0 Å². The molecule has 0 spiro atoms. The molecule has 0 bridgehead atoms. The standard InChI is InChI=1S/C12H15NOS/c1-8-4-3-5-9(2)11(8)13-10-6-7-15-12(10)14/h3-5,10,13H,6-7H2,1-2H3. The van der Waals surface area contributed by atoms with Crippen LogP contribution < -0.4 is 5.32 Å². The van der Waals surface area contributed by atoms with Gasteiger partial charge in [-0.3, -0.25) is 4.79 Å². The molecule has 2 nitrogen and oxygen atoms in total. The van der Waals surface area contributed by atoms with Crippen LogP contribution in [0.25, 0.3) is 0 Å². The number of anilines is 1. The van der Waals surface area contributed by atoms with Crippen LogP contribution in [0.15, 0.2) is 18.2 Å². The van der Waals surface area contributed by atoms with E-state index < -0.39 is 0 Å². The predicted molar refractivity (Wildman–Crippen MR) is 65.4 cm³/mol. The molecule has 1 saturated heterocycles. The van der Waals surface area contributed by atoms with Gasteiger partial charge in [0.05, 0.1) is 6.04 Å². The first-order chi connectivity index (χ1) is 7.18. The van der Waals surface area contributed by atoms with Gasteiger partial charge in [-0.15, -0.1) is 0 Å². The quantitative estimate of drug-likeness (QED) is 0.832. The largest absolute Gasteiger partial charge is 0.374 e. The first kappa shape index (κ1) is 10.6. The zero-order valence-electron chi connectivity index (χ0n) is 9.04. The van der Waals surface area contributed by atoms with Crippen molar-refractivity contribution in [3.05, 3.63) is 29.3 Å². The molecule has 1 aliphatic rings. The zero-order valence-corrected chi connectivity index (χ0v) is 9.86. The van der Waals surface area contributed by atoms with Gasteiger partial charge in [0.25, 0.3) is 0 Å². The molecule has 1 aliphatic heterocycles. The number of rotatable bonds is 2. The second-order valence-corrected chi connectivity index (χ2v) is 5.02. The Balaban J connectivity index is 2.20. The summed E-state index contributed by atoms with van der Waals surface area (Å²) in [6.07, 6.45) is 0.942. The number of hydrogen-bond acceptors (Lipinski definition) is 3. The van der Waals surface area contributed by atoms with Crippen LogP contribution >= 0.6 is 11.8 Å². The molecule has 1 fully saturated rings. The minimum Gasteiger partial charge on any atom is -0.374 e. The van der Waals surface area contributed by atoms with Crippen LogP contribution in [-0.4, -0.2) is 16.9 Å². The van der Waals surface area contributed by atoms with Crippen molar-refractivity contribution in [1.29, 1.82) is 0 Å². The summed E-state index contributed by atoms with van der Waals surface area (Å²) in [5.41, 5.74) is 3.54. The Labute approximate surface area is 94.4 Å². The highest BCUT2D eigenvalue weighted by molar-refractivity contribution is 8.14. The third kappa shape index (κ3) is 2.17. The SMILES string of the molecule is Cc1cccc(C)c1NC1CCSC1=O. The van der Waals surface area contributed by atoms with Crippen molar-refractivity contribution in [2.45, 2.75) is 26.3 Å². The highest BCUT2D eigenvalue weighted by Crippen LogP contribution is 2.26. The molecule has 1 aromatic carbocycles. The van der Waals surface area contributed by atoms with Gasteiger partial charge in [0.2, 0.25) is 5.12 Å². The number of thioether (sulfide) groups is 1. The fourth-order valence-corrected chi connectivity index (χ4v) is 2.78. The molecule has 2 rings (SSSR count). The summed E-state index contributed by atoms with van der Waals surface area (Å²) < 4.78 is 0. The second-order valence-electron chi connectivity index (χ2n) is 3.92. The lowest BCUT2D eigenvalue weighted by atomic mass is 10.1. The molecule has 0 aromatic heterocycles. The molecule has 0 amide bonds. The number of benzene rings is 1. The Morgan fingerprint density at radius 3 is 2.53 bits per heavy atom. The first-order valence-electron chi connectivity index (χ1n) is 5.18.